The first-order valence-electron chi connectivity index (χ1n) is 8.39. The maximum atomic E-state index is 12.8. The molecule has 0 aliphatic carbocycles. The van der Waals surface area contributed by atoms with Crippen LogP contribution in [0.3, 0.4) is 0 Å². The number of aryl methyl sites for hydroxylation is 1. The predicted octanol–water partition coefficient (Wildman–Crippen LogP) is 4.28. The van der Waals surface area contributed by atoms with Crippen LogP contribution >= 0.6 is 23.4 Å². The first-order valence-corrected chi connectivity index (χ1v) is 11.2. The average Bonchev–Trinajstić information content (AvgIpc) is 3.07. The van der Waals surface area contributed by atoms with Crippen LogP contribution in [0.4, 0.5) is 0 Å². The standard InChI is InChI=1S/C19H20ClN3O2S2/c1-23-13-12-21-19(23)26-14-11-18(15-5-3-2-4-6-15)22-27(24,25)17-9-7-16(20)8-10-17/h2-10,12-13,18,22H,11,14H2,1H3. The molecule has 0 saturated heterocycles. The maximum Gasteiger partial charge on any atom is 0.241 e. The van der Waals surface area contributed by atoms with E-state index in [0.29, 0.717) is 11.4 Å². The van der Waals surface area contributed by atoms with Gasteiger partial charge in [-0.05, 0) is 36.2 Å². The smallest absolute Gasteiger partial charge is 0.241 e. The number of hydrogen-bond acceptors (Lipinski definition) is 4. The summed E-state index contributed by atoms with van der Waals surface area (Å²) in [5.41, 5.74) is 0.926. The lowest BCUT2D eigenvalue weighted by Gasteiger charge is -2.19. The summed E-state index contributed by atoms with van der Waals surface area (Å²) in [4.78, 5) is 4.49. The fraction of sp³-hybridized carbons (Fsp3) is 0.211. The molecule has 5 nitrogen and oxygen atoms in total. The number of rotatable bonds is 8. The molecular weight excluding hydrogens is 402 g/mol. The highest BCUT2D eigenvalue weighted by molar-refractivity contribution is 7.99. The third kappa shape index (κ3) is 5.35. The Hall–Kier alpha value is -1.80. The number of aromatic nitrogens is 2. The van der Waals surface area contributed by atoms with E-state index in [1.54, 1.807) is 30.1 Å². The minimum Gasteiger partial charge on any atom is -0.329 e. The summed E-state index contributed by atoms with van der Waals surface area (Å²) in [6.07, 6.45) is 4.27. The van der Waals surface area contributed by atoms with Crippen LogP contribution < -0.4 is 4.72 Å². The van der Waals surface area contributed by atoms with Crippen molar-refractivity contribution in [3.05, 3.63) is 77.6 Å². The number of sulfonamides is 1. The first kappa shape index (κ1) is 19.9. The quantitative estimate of drug-likeness (QED) is 0.551. The summed E-state index contributed by atoms with van der Waals surface area (Å²) < 4.78 is 30.4. The van der Waals surface area contributed by atoms with E-state index in [1.807, 2.05) is 48.1 Å². The lowest BCUT2D eigenvalue weighted by Crippen LogP contribution is -2.29. The van der Waals surface area contributed by atoms with Gasteiger partial charge in [0.05, 0.1) is 4.90 Å². The SMILES string of the molecule is Cn1ccnc1SCCC(NS(=O)(=O)c1ccc(Cl)cc1)c1ccccc1. The van der Waals surface area contributed by atoms with Crippen molar-refractivity contribution in [2.24, 2.45) is 7.05 Å². The van der Waals surface area contributed by atoms with Gasteiger partial charge >= 0.3 is 0 Å². The second kappa shape index (κ2) is 8.93. The van der Waals surface area contributed by atoms with E-state index in [4.69, 9.17) is 11.6 Å². The van der Waals surface area contributed by atoms with Gasteiger partial charge in [-0.3, -0.25) is 0 Å². The summed E-state index contributed by atoms with van der Waals surface area (Å²) in [7, 11) is -1.72. The molecule has 0 amide bonds. The molecule has 1 aromatic heterocycles. The lowest BCUT2D eigenvalue weighted by atomic mass is 10.1. The fourth-order valence-corrected chi connectivity index (χ4v) is 4.93. The van der Waals surface area contributed by atoms with E-state index in [9.17, 15) is 8.42 Å². The number of hydrogen-bond donors (Lipinski definition) is 1. The van der Waals surface area contributed by atoms with E-state index < -0.39 is 10.0 Å². The van der Waals surface area contributed by atoms with Crippen molar-refractivity contribution in [3.8, 4) is 0 Å². The number of benzene rings is 2. The number of nitrogens with one attached hydrogen (secondary N) is 1. The van der Waals surface area contributed by atoms with Crippen LogP contribution in [0.5, 0.6) is 0 Å². The molecule has 1 heterocycles. The molecule has 27 heavy (non-hydrogen) atoms. The molecule has 8 heteroatoms. The molecule has 142 valence electrons. The maximum absolute atomic E-state index is 12.8. The van der Waals surface area contributed by atoms with Gasteiger partial charge in [-0.2, -0.15) is 0 Å². The summed E-state index contributed by atoms with van der Waals surface area (Å²) in [5, 5.41) is 1.40. The van der Waals surface area contributed by atoms with Crippen LogP contribution in [-0.2, 0) is 17.1 Å². The molecule has 0 radical (unpaired) electrons. The highest BCUT2D eigenvalue weighted by atomic mass is 35.5. The van der Waals surface area contributed by atoms with Crippen LogP contribution in [-0.4, -0.2) is 23.7 Å². The Morgan fingerprint density at radius 3 is 2.48 bits per heavy atom. The summed E-state index contributed by atoms with van der Waals surface area (Å²) in [5.74, 6) is 0.730. The normalized spacial score (nSPS) is 12.8. The number of thioether (sulfide) groups is 1. The second-order valence-corrected chi connectivity index (χ2v) is 9.21. The largest absolute Gasteiger partial charge is 0.329 e. The molecule has 0 spiro atoms. The molecule has 3 rings (SSSR count). The zero-order chi connectivity index (χ0) is 19.3. The van der Waals surface area contributed by atoms with Gasteiger partial charge in [-0.1, -0.05) is 53.7 Å². The van der Waals surface area contributed by atoms with Gasteiger partial charge in [0, 0.05) is 36.3 Å². The lowest BCUT2D eigenvalue weighted by molar-refractivity contribution is 0.551. The Bertz CT molecular complexity index is 974. The fourth-order valence-electron chi connectivity index (χ4n) is 2.61. The Kier molecular flexibility index (Phi) is 6.59. The van der Waals surface area contributed by atoms with E-state index >= 15 is 0 Å². The van der Waals surface area contributed by atoms with E-state index in [-0.39, 0.29) is 10.9 Å². The van der Waals surface area contributed by atoms with Crippen molar-refractivity contribution < 1.29 is 8.42 Å². The summed E-state index contributed by atoms with van der Waals surface area (Å²) >= 11 is 7.47. The van der Waals surface area contributed by atoms with Gasteiger partial charge in [-0.15, -0.1) is 0 Å². The third-order valence-corrected chi connectivity index (χ3v) is 6.87. The molecule has 0 fully saturated rings. The molecule has 1 N–H and O–H groups in total. The molecule has 0 bridgehead atoms. The Labute approximate surface area is 168 Å². The first-order chi connectivity index (χ1) is 13.0. The van der Waals surface area contributed by atoms with Crippen LogP contribution in [0.1, 0.15) is 18.0 Å². The van der Waals surface area contributed by atoms with Crippen LogP contribution in [0.15, 0.2) is 77.0 Å². The zero-order valence-corrected chi connectivity index (χ0v) is 17.1. The molecule has 3 aromatic rings. The van der Waals surface area contributed by atoms with Crippen molar-refractivity contribution >= 4 is 33.4 Å². The molecule has 1 unspecified atom stereocenters. The Morgan fingerprint density at radius 1 is 1.15 bits per heavy atom. The van der Waals surface area contributed by atoms with Crippen molar-refractivity contribution in [2.75, 3.05) is 5.75 Å². The Balaban J connectivity index is 1.75. The van der Waals surface area contributed by atoms with Gasteiger partial charge < -0.3 is 4.57 Å². The van der Waals surface area contributed by atoms with Gasteiger partial charge in [0.15, 0.2) is 5.16 Å². The second-order valence-electron chi connectivity index (χ2n) is 6.00. The van der Waals surface area contributed by atoms with Crippen LogP contribution in [0, 0.1) is 0 Å². The third-order valence-electron chi connectivity index (χ3n) is 4.04. The molecule has 0 saturated carbocycles. The molecule has 0 aliphatic rings. The number of halogens is 1. The predicted molar refractivity (Wildman–Crippen MR) is 110 cm³/mol. The number of imidazole rings is 1. The van der Waals surface area contributed by atoms with E-state index in [2.05, 4.69) is 9.71 Å². The van der Waals surface area contributed by atoms with Crippen molar-refractivity contribution in [2.45, 2.75) is 22.5 Å². The van der Waals surface area contributed by atoms with Crippen LogP contribution in [0.25, 0.3) is 0 Å². The van der Waals surface area contributed by atoms with Gasteiger partial charge in [0.2, 0.25) is 10.0 Å². The summed E-state index contributed by atoms with van der Waals surface area (Å²) in [6.45, 7) is 0. The topological polar surface area (TPSA) is 64.0 Å². The van der Waals surface area contributed by atoms with Crippen molar-refractivity contribution in [1.82, 2.24) is 14.3 Å². The van der Waals surface area contributed by atoms with Crippen molar-refractivity contribution in [1.29, 1.82) is 0 Å². The highest BCUT2D eigenvalue weighted by Gasteiger charge is 2.21. The van der Waals surface area contributed by atoms with Gasteiger partial charge in [0.25, 0.3) is 0 Å². The van der Waals surface area contributed by atoms with E-state index in [0.717, 1.165) is 16.5 Å². The Morgan fingerprint density at radius 2 is 1.85 bits per heavy atom. The summed E-state index contributed by atoms with van der Waals surface area (Å²) in [6, 6.07) is 15.4. The molecular formula is C19H20ClN3O2S2. The minimum absolute atomic E-state index is 0.199. The molecule has 2 aromatic carbocycles. The zero-order valence-electron chi connectivity index (χ0n) is 14.7. The van der Waals surface area contributed by atoms with Gasteiger partial charge in [-0.25, -0.2) is 18.1 Å². The van der Waals surface area contributed by atoms with Crippen LogP contribution in [0.2, 0.25) is 5.02 Å². The van der Waals surface area contributed by atoms with Gasteiger partial charge in [0.1, 0.15) is 0 Å². The average molecular weight is 422 g/mol. The number of nitrogens with zero attached hydrogens (tertiary/aromatic N) is 2. The van der Waals surface area contributed by atoms with Crippen molar-refractivity contribution in [3.63, 3.8) is 0 Å². The highest BCUT2D eigenvalue weighted by Crippen LogP contribution is 2.25. The van der Waals surface area contributed by atoms with E-state index in [1.165, 1.54) is 12.1 Å². The molecule has 0 aliphatic heterocycles. The molecule has 1 atom stereocenters. The monoisotopic (exact) mass is 421 g/mol. The minimum atomic E-state index is -3.66.